The molecule has 1 heterocycles. The summed E-state index contributed by atoms with van der Waals surface area (Å²) in [6, 6.07) is 8.03. The molecule has 0 aliphatic rings. The molecule has 2 aromatic rings. The van der Waals surface area contributed by atoms with Gasteiger partial charge in [-0.2, -0.15) is 0 Å². The van der Waals surface area contributed by atoms with E-state index in [-0.39, 0.29) is 6.61 Å². The van der Waals surface area contributed by atoms with E-state index in [1.807, 2.05) is 31.2 Å². The fourth-order valence-corrected chi connectivity index (χ4v) is 2.24. The maximum atomic E-state index is 10.2. The lowest BCUT2D eigenvalue weighted by molar-refractivity contribution is -0.129. The summed E-state index contributed by atoms with van der Waals surface area (Å²) in [6.45, 7) is 2.79. The number of benzene rings is 1. The summed E-state index contributed by atoms with van der Waals surface area (Å²) in [4.78, 5) is 15.5. The minimum Gasteiger partial charge on any atom is -0.462 e. The summed E-state index contributed by atoms with van der Waals surface area (Å²) in [5.74, 6) is 0. The van der Waals surface area contributed by atoms with Crippen LogP contribution in [0, 0.1) is 6.92 Å². The number of rotatable bonds is 4. The molecule has 0 saturated heterocycles. The molecule has 0 unspecified atom stereocenters. The van der Waals surface area contributed by atoms with Crippen molar-refractivity contribution in [3.8, 4) is 11.3 Å². The first kappa shape index (κ1) is 10.8. The highest BCUT2D eigenvalue weighted by atomic mass is 32.1. The number of thiazole rings is 1. The highest BCUT2D eigenvalue weighted by molar-refractivity contribution is 7.10. The van der Waals surface area contributed by atoms with Crippen molar-refractivity contribution in [2.75, 3.05) is 0 Å². The van der Waals surface area contributed by atoms with Gasteiger partial charge in [-0.25, -0.2) is 4.98 Å². The molecule has 0 radical (unpaired) electrons. The summed E-state index contributed by atoms with van der Waals surface area (Å²) < 4.78 is 4.77. The molecule has 1 aromatic heterocycles. The molecule has 1 aromatic carbocycles. The molecule has 0 aliphatic carbocycles. The summed E-state index contributed by atoms with van der Waals surface area (Å²) in [7, 11) is 0. The molecule has 0 bridgehead atoms. The van der Waals surface area contributed by atoms with Crippen molar-refractivity contribution in [3.63, 3.8) is 0 Å². The van der Waals surface area contributed by atoms with Gasteiger partial charge in [0, 0.05) is 5.56 Å². The van der Waals surface area contributed by atoms with E-state index in [0.29, 0.717) is 6.47 Å². The van der Waals surface area contributed by atoms with Crippen molar-refractivity contribution in [1.29, 1.82) is 0 Å². The van der Waals surface area contributed by atoms with E-state index in [9.17, 15) is 4.79 Å². The molecule has 3 nitrogen and oxygen atoms in total. The Morgan fingerprint density at radius 1 is 1.44 bits per heavy atom. The van der Waals surface area contributed by atoms with Gasteiger partial charge in [-0.1, -0.05) is 24.3 Å². The van der Waals surface area contributed by atoms with Gasteiger partial charge in [-0.05, 0) is 12.5 Å². The summed E-state index contributed by atoms with van der Waals surface area (Å²) in [5, 5.41) is 0. The molecule has 82 valence electrons. The highest BCUT2D eigenvalue weighted by Gasteiger charge is 2.10. The van der Waals surface area contributed by atoms with Crippen LogP contribution in [0.2, 0.25) is 0 Å². The zero-order valence-electron chi connectivity index (χ0n) is 8.84. The molecule has 0 amide bonds. The first-order chi connectivity index (χ1) is 7.83. The molecule has 0 saturated carbocycles. The fraction of sp³-hybridized carbons (Fsp3) is 0.167. The van der Waals surface area contributed by atoms with Gasteiger partial charge in [0.15, 0.2) is 0 Å². The van der Waals surface area contributed by atoms with Gasteiger partial charge in [0.1, 0.15) is 6.61 Å². The largest absolute Gasteiger partial charge is 0.462 e. The molecule has 0 aliphatic heterocycles. The maximum absolute atomic E-state index is 10.2. The zero-order valence-corrected chi connectivity index (χ0v) is 9.66. The number of nitrogens with zero attached hydrogens (tertiary/aromatic N) is 1. The third-order valence-corrected chi connectivity index (χ3v) is 3.13. The van der Waals surface area contributed by atoms with Gasteiger partial charge in [0.2, 0.25) is 0 Å². The van der Waals surface area contributed by atoms with Crippen LogP contribution in [-0.4, -0.2) is 11.5 Å². The van der Waals surface area contributed by atoms with E-state index in [1.165, 1.54) is 16.9 Å². The smallest absolute Gasteiger partial charge is 0.293 e. The predicted molar refractivity (Wildman–Crippen MR) is 63.1 cm³/mol. The average Bonchev–Trinajstić information content (AvgIpc) is 2.75. The normalized spacial score (nSPS) is 10.1. The number of carbonyl (C=O) groups excluding carboxylic acids is 1. The third-order valence-electron chi connectivity index (χ3n) is 2.32. The van der Waals surface area contributed by atoms with Crippen molar-refractivity contribution in [3.05, 3.63) is 40.2 Å². The van der Waals surface area contributed by atoms with Gasteiger partial charge in [0.25, 0.3) is 6.47 Å². The molecule has 2 rings (SSSR count). The van der Waals surface area contributed by atoms with Gasteiger partial charge in [-0.15, -0.1) is 11.3 Å². The van der Waals surface area contributed by atoms with Gasteiger partial charge >= 0.3 is 0 Å². The predicted octanol–water partition coefficient (Wildman–Crippen LogP) is 2.79. The second-order valence-electron chi connectivity index (χ2n) is 3.35. The van der Waals surface area contributed by atoms with Crippen LogP contribution in [0.5, 0.6) is 0 Å². The van der Waals surface area contributed by atoms with E-state index < -0.39 is 0 Å². The van der Waals surface area contributed by atoms with Gasteiger partial charge < -0.3 is 4.74 Å². The quantitative estimate of drug-likeness (QED) is 0.762. The van der Waals surface area contributed by atoms with Crippen LogP contribution in [0.15, 0.2) is 29.8 Å². The minimum atomic E-state index is 0.290. The van der Waals surface area contributed by atoms with Crippen LogP contribution < -0.4 is 0 Å². The summed E-state index contributed by atoms with van der Waals surface area (Å²) in [6.07, 6.45) is 0. The van der Waals surface area contributed by atoms with E-state index in [0.717, 1.165) is 16.1 Å². The second kappa shape index (κ2) is 4.90. The molecular weight excluding hydrogens is 222 g/mol. The van der Waals surface area contributed by atoms with Crippen molar-refractivity contribution in [1.82, 2.24) is 4.98 Å². The molecular formula is C12H11NO2S. The standard InChI is InChI=1S/C12H11NO2S/c1-9-4-2-3-5-10(9)12-11(6-15-8-14)16-7-13-12/h2-5,7-8H,6H2,1H3. The lowest BCUT2D eigenvalue weighted by Gasteiger charge is -2.04. The van der Waals surface area contributed by atoms with Crippen molar-refractivity contribution < 1.29 is 9.53 Å². The van der Waals surface area contributed by atoms with Crippen LogP contribution in [-0.2, 0) is 16.1 Å². The van der Waals surface area contributed by atoms with Crippen molar-refractivity contribution in [2.45, 2.75) is 13.5 Å². The van der Waals surface area contributed by atoms with Crippen LogP contribution in [0.25, 0.3) is 11.3 Å². The lowest BCUT2D eigenvalue weighted by Crippen LogP contribution is -1.91. The third kappa shape index (κ3) is 2.12. The Hall–Kier alpha value is -1.68. The first-order valence-corrected chi connectivity index (χ1v) is 5.74. The van der Waals surface area contributed by atoms with Gasteiger partial charge in [0.05, 0.1) is 16.1 Å². The monoisotopic (exact) mass is 233 g/mol. The maximum Gasteiger partial charge on any atom is 0.293 e. The van der Waals surface area contributed by atoms with Crippen LogP contribution in [0.3, 0.4) is 0 Å². The Bertz CT molecular complexity index is 493. The first-order valence-electron chi connectivity index (χ1n) is 4.86. The Morgan fingerprint density at radius 2 is 2.25 bits per heavy atom. The number of hydrogen-bond acceptors (Lipinski definition) is 4. The summed E-state index contributed by atoms with van der Waals surface area (Å²) >= 11 is 1.50. The molecule has 0 fully saturated rings. The van der Waals surface area contributed by atoms with Crippen LogP contribution in [0.1, 0.15) is 10.4 Å². The topological polar surface area (TPSA) is 39.2 Å². The number of carbonyl (C=O) groups is 1. The lowest BCUT2D eigenvalue weighted by atomic mass is 10.1. The highest BCUT2D eigenvalue weighted by Crippen LogP contribution is 2.28. The number of aromatic nitrogens is 1. The van der Waals surface area contributed by atoms with E-state index in [4.69, 9.17) is 4.74 Å². The van der Waals surface area contributed by atoms with E-state index >= 15 is 0 Å². The second-order valence-corrected chi connectivity index (χ2v) is 4.29. The summed E-state index contributed by atoms with van der Waals surface area (Å²) in [5.41, 5.74) is 4.93. The number of aryl methyl sites for hydroxylation is 1. The van der Waals surface area contributed by atoms with Gasteiger partial charge in [-0.3, -0.25) is 4.79 Å². The molecule has 16 heavy (non-hydrogen) atoms. The molecule has 0 atom stereocenters. The van der Waals surface area contributed by atoms with Crippen LogP contribution >= 0.6 is 11.3 Å². The van der Waals surface area contributed by atoms with Crippen LogP contribution in [0.4, 0.5) is 0 Å². The van der Waals surface area contributed by atoms with Crippen molar-refractivity contribution in [2.24, 2.45) is 0 Å². The Morgan fingerprint density at radius 3 is 3.00 bits per heavy atom. The van der Waals surface area contributed by atoms with E-state index in [1.54, 1.807) is 5.51 Å². The fourth-order valence-electron chi connectivity index (χ4n) is 1.54. The number of hydrogen-bond donors (Lipinski definition) is 0. The van der Waals surface area contributed by atoms with Crippen molar-refractivity contribution >= 4 is 17.8 Å². The zero-order chi connectivity index (χ0) is 11.4. The Kier molecular flexibility index (Phi) is 3.31. The minimum absolute atomic E-state index is 0.290. The van der Waals surface area contributed by atoms with E-state index in [2.05, 4.69) is 4.98 Å². The average molecular weight is 233 g/mol. The molecule has 0 spiro atoms. The molecule has 0 N–H and O–H groups in total. The Labute approximate surface area is 97.7 Å². The molecule has 4 heteroatoms. The number of ether oxygens (including phenoxy) is 1. The Balaban J connectivity index is 2.37. The SMILES string of the molecule is Cc1ccccc1-c1ncsc1COC=O.